The van der Waals surface area contributed by atoms with Crippen LogP contribution < -0.4 is 4.90 Å². The molecule has 3 heterocycles. The summed E-state index contributed by atoms with van der Waals surface area (Å²) in [7, 11) is 0. The molecule has 4 nitrogen and oxygen atoms in total. The zero-order valence-electron chi connectivity index (χ0n) is 9.55. The highest BCUT2D eigenvalue weighted by Crippen LogP contribution is 2.16. The molecule has 2 saturated heterocycles. The summed E-state index contributed by atoms with van der Waals surface area (Å²) in [5, 5.41) is 4.96. The molecule has 2 fully saturated rings. The van der Waals surface area contributed by atoms with Crippen molar-refractivity contribution in [3.63, 3.8) is 0 Å². The Kier molecular flexibility index (Phi) is 2.76. The number of piperazine rings is 1. The van der Waals surface area contributed by atoms with Gasteiger partial charge in [0.1, 0.15) is 5.82 Å². The average Bonchev–Trinajstić information content (AvgIpc) is 2.29. The maximum absolute atomic E-state index is 4.40. The highest BCUT2D eigenvalue weighted by atomic mass is 15.7. The average molecular weight is 218 g/mol. The zero-order valence-corrected chi connectivity index (χ0v) is 9.55. The summed E-state index contributed by atoms with van der Waals surface area (Å²) in [5.74, 6) is 1.12. The molecule has 86 valence electrons. The Hall–Kier alpha value is -1.13. The number of hydrazine groups is 1. The smallest absolute Gasteiger partial charge is 0.128 e. The summed E-state index contributed by atoms with van der Waals surface area (Å²) in [6.45, 7) is 6.96. The molecule has 0 atom stereocenters. The van der Waals surface area contributed by atoms with Crippen LogP contribution in [0.2, 0.25) is 0 Å². The van der Waals surface area contributed by atoms with Gasteiger partial charge in [0.2, 0.25) is 0 Å². The van der Waals surface area contributed by atoms with E-state index in [0.29, 0.717) is 0 Å². The van der Waals surface area contributed by atoms with E-state index in [-0.39, 0.29) is 0 Å². The Morgan fingerprint density at radius 2 is 1.62 bits per heavy atom. The van der Waals surface area contributed by atoms with Gasteiger partial charge < -0.3 is 4.90 Å². The Morgan fingerprint density at radius 3 is 2.19 bits per heavy atom. The Balaban J connectivity index is 1.58. The van der Waals surface area contributed by atoms with Crippen molar-refractivity contribution in [2.24, 2.45) is 0 Å². The van der Waals surface area contributed by atoms with E-state index in [9.17, 15) is 0 Å². The molecule has 0 bridgehead atoms. The molecule has 0 saturated carbocycles. The van der Waals surface area contributed by atoms with Crippen LogP contribution in [0, 0.1) is 0 Å². The molecule has 0 spiro atoms. The molecule has 0 aromatic carbocycles. The Morgan fingerprint density at radius 1 is 0.875 bits per heavy atom. The topological polar surface area (TPSA) is 22.6 Å². The first kappa shape index (κ1) is 10.1. The lowest BCUT2D eigenvalue weighted by Gasteiger charge is -2.45. The summed E-state index contributed by atoms with van der Waals surface area (Å²) >= 11 is 0. The van der Waals surface area contributed by atoms with Crippen molar-refractivity contribution in [1.29, 1.82) is 0 Å². The minimum Gasteiger partial charge on any atom is -0.354 e. The summed E-state index contributed by atoms with van der Waals surface area (Å²) < 4.78 is 0. The van der Waals surface area contributed by atoms with Gasteiger partial charge in [-0.3, -0.25) is 0 Å². The van der Waals surface area contributed by atoms with Crippen molar-refractivity contribution >= 4 is 5.82 Å². The highest BCUT2D eigenvalue weighted by molar-refractivity contribution is 5.38. The molecule has 0 radical (unpaired) electrons. The number of aromatic nitrogens is 1. The molecule has 0 aliphatic carbocycles. The van der Waals surface area contributed by atoms with Gasteiger partial charge in [0, 0.05) is 45.5 Å². The van der Waals surface area contributed by atoms with Gasteiger partial charge in [-0.2, -0.15) is 0 Å². The van der Waals surface area contributed by atoms with Crippen LogP contribution in [0.15, 0.2) is 24.4 Å². The molecule has 16 heavy (non-hydrogen) atoms. The normalized spacial score (nSPS) is 23.1. The van der Waals surface area contributed by atoms with Crippen molar-refractivity contribution in [2.75, 3.05) is 44.2 Å². The lowest BCUT2D eigenvalue weighted by atomic mass is 10.2. The highest BCUT2D eigenvalue weighted by Gasteiger charge is 2.25. The van der Waals surface area contributed by atoms with E-state index in [4.69, 9.17) is 0 Å². The van der Waals surface area contributed by atoms with Crippen LogP contribution in [0.25, 0.3) is 0 Å². The van der Waals surface area contributed by atoms with Gasteiger partial charge in [0.05, 0.1) is 0 Å². The van der Waals surface area contributed by atoms with E-state index in [1.807, 2.05) is 12.3 Å². The predicted molar refractivity (Wildman–Crippen MR) is 64.2 cm³/mol. The van der Waals surface area contributed by atoms with Gasteiger partial charge in [0.25, 0.3) is 0 Å². The van der Waals surface area contributed by atoms with Gasteiger partial charge >= 0.3 is 0 Å². The Labute approximate surface area is 96.4 Å². The molecule has 0 unspecified atom stereocenters. The first-order valence-electron chi connectivity index (χ1n) is 6.09. The third kappa shape index (κ3) is 1.90. The summed E-state index contributed by atoms with van der Waals surface area (Å²) in [6.07, 6.45) is 3.23. The van der Waals surface area contributed by atoms with Crippen LogP contribution in [0.3, 0.4) is 0 Å². The standard InChI is InChI=1S/C12H18N4/c1-2-5-13-12(4-1)14-8-10-16(11-9-14)15-6-3-7-15/h1-2,4-5H,3,6-11H2. The molecule has 2 aliphatic heterocycles. The van der Waals surface area contributed by atoms with Crippen LogP contribution in [-0.4, -0.2) is 54.3 Å². The summed E-state index contributed by atoms with van der Waals surface area (Å²) in [5.41, 5.74) is 0. The van der Waals surface area contributed by atoms with E-state index in [2.05, 4.69) is 32.0 Å². The maximum atomic E-state index is 4.40. The van der Waals surface area contributed by atoms with Crippen LogP contribution >= 0.6 is 0 Å². The van der Waals surface area contributed by atoms with Crippen LogP contribution in [0.1, 0.15) is 6.42 Å². The summed E-state index contributed by atoms with van der Waals surface area (Å²) in [4.78, 5) is 6.77. The van der Waals surface area contributed by atoms with E-state index in [1.54, 1.807) is 0 Å². The van der Waals surface area contributed by atoms with Crippen molar-refractivity contribution in [3.05, 3.63) is 24.4 Å². The number of anilines is 1. The fourth-order valence-corrected chi connectivity index (χ4v) is 2.33. The fourth-order valence-electron chi connectivity index (χ4n) is 2.33. The number of rotatable bonds is 2. The lowest BCUT2D eigenvalue weighted by Crippen LogP contribution is -2.58. The first-order valence-corrected chi connectivity index (χ1v) is 6.09. The van der Waals surface area contributed by atoms with E-state index in [1.165, 1.54) is 19.5 Å². The predicted octanol–water partition coefficient (Wildman–Crippen LogP) is 0.824. The van der Waals surface area contributed by atoms with Crippen molar-refractivity contribution < 1.29 is 0 Å². The number of pyridine rings is 1. The first-order chi connectivity index (χ1) is 7.93. The Bertz CT molecular complexity index is 328. The third-order valence-electron chi connectivity index (χ3n) is 3.46. The second-order valence-corrected chi connectivity index (χ2v) is 4.44. The second-order valence-electron chi connectivity index (χ2n) is 4.44. The largest absolute Gasteiger partial charge is 0.354 e. The zero-order chi connectivity index (χ0) is 10.8. The van der Waals surface area contributed by atoms with Crippen LogP contribution in [-0.2, 0) is 0 Å². The number of hydrogen-bond donors (Lipinski definition) is 0. The minimum atomic E-state index is 1.09. The van der Waals surface area contributed by atoms with Gasteiger partial charge in [-0.1, -0.05) is 6.07 Å². The van der Waals surface area contributed by atoms with Crippen LogP contribution in [0.5, 0.6) is 0 Å². The van der Waals surface area contributed by atoms with Gasteiger partial charge in [-0.15, -0.1) is 0 Å². The number of hydrogen-bond acceptors (Lipinski definition) is 4. The fraction of sp³-hybridized carbons (Fsp3) is 0.583. The van der Waals surface area contributed by atoms with Crippen LogP contribution in [0.4, 0.5) is 5.82 Å². The third-order valence-corrected chi connectivity index (χ3v) is 3.46. The molecular weight excluding hydrogens is 200 g/mol. The molecule has 1 aromatic heterocycles. The van der Waals surface area contributed by atoms with Crippen molar-refractivity contribution in [3.8, 4) is 0 Å². The van der Waals surface area contributed by atoms with Gasteiger partial charge in [-0.05, 0) is 18.6 Å². The van der Waals surface area contributed by atoms with E-state index in [0.717, 1.165) is 32.0 Å². The van der Waals surface area contributed by atoms with Gasteiger partial charge in [-0.25, -0.2) is 15.0 Å². The van der Waals surface area contributed by atoms with Crippen molar-refractivity contribution in [2.45, 2.75) is 6.42 Å². The van der Waals surface area contributed by atoms with Gasteiger partial charge in [0.15, 0.2) is 0 Å². The molecular formula is C12H18N4. The molecule has 2 aliphatic rings. The van der Waals surface area contributed by atoms with Crippen molar-refractivity contribution in [1.82, 2.24) is 15.0 Å². The minimum absolute atomic E-state index is 1.09. The molecule has 0 amide bonds. The lowest BCUT2D eigenvalue weighted by molar-refractivity contribution is -0.0750. The monoisotopic (exact) mass is 218 g/mol. The quantitative estimate of drug-likeness (QED) is 0.733. The second kappa shape index (κ2) is 4.39. The van der Waals surface area contributed by atoms with E-state index < -0.39 is 0 Å². The SMILES string of the molecule is c1ccc(N2CCN(N3CCC3)CC2)nc1. The number of nitrogens with zero attached hydrogens (tertiary/aromatic N) is 4. The molecule has 3 rings (SSSR count). The maximum Gasteiger partial charge on any atom is 0.128 e. The molecule has 0 N–H and O–H groups in total. The summed E-state index contributed by atoms with van der Waals surface area (Å²) in [6, 6.07) is 6.13. The molecule has 1 aromatic rings. The molecule has 4 heteroatoms. The van der Waals surface area contributed by atoms with E-state index >= 15 is 0 Å².